The molecular weight excluding hydrogens is 240 g/mol. The van der Waals surface area contributed by atoms with Crippen LogP contribution in [-0.2, 0) is 10.2 Å². The van der Waals surface area contributed by atoms with Crippen molar-refractivity contribution in [1.82, 2.24) is 0 Å². The first-order valence-corrected chi connectivity index (χ1v) is 6.61. The van der Waals surface area contributed by atoms with Gasteiger partial charge in [-0.3, -0.25) is 9.59 Å². The molecule has 19 heavy (non-hydrogen) atoms. The summed E-state index contributed by atoms with van der Waals surface area (Å²) in [6.45, 7) is 6.24. The second-order valence-electron chi connectivity index (χ2n) is 5.80. The number of hydrogen-bond acceptors (Lipinski definition) is 3. The number of ketones is 2. The zero-order valence-electron chi connectivity index (χ0n) is 11.9. The quantitative estimate of drug-likeness (QED) is 0.633. The smallest absolute Gasteiger partial charge is 0.170 e. The highest BCUT2D eigenvalue weighted by Gasteiger charge is 2.17. The molecule has 0 radical (unpaired) electrons. The first kappa shape index (κ1) is 15.6. The van der Waals surface area contributed by atoms with Crippen molar-refractivity contribution in [3.05, 3.63) is 35.4 Å². The third-order valence-corrected chi connectivity index (χ3v) is 3.02. The molecule has 0 aliphatic carbocycles. The maximum atomic E-state index is 12.0. The van der Waals surface area contributed by atoms with Crippen LogP contribution in [0.1, 0.15) is 56.0 Å². The van der Waals surface area contributed by atoms with E-state index in [1.165, 1.54) is 0 Å². The molecule has 0 unspecified atom stereocenters. The third kappa shape index (κ3) is 4.95. The van der Waals surface area contributed by atoms with Crippen molar-refractivity contribution < 1.29 is 14.7 Å². The van der Waals surface area contributed by atoms with Gasteiger partial charge in [-0.1, -0.05) is 39.0 Å². The lowest BCUT2D eigenvalue weighted by Crippen LogP contribution is -2.13. The molecule has 0 atom stereocenters. The van der Waals surface area contributed by atoms with Gasteiger partial charge in [0.2, 0.25) is 0 Å². The zero-order valence-corrected chi connectivity index (χ0v) is 11.9. The number of aliphatic hydroxyl groups excluding tert-OH is 1. The summed E-state index contributed by atoms with van der Waals surface area (Å²) in [4.78, 5) is 23.5. The van der Waals surface area contributed by atoms with E-state index >= 15 is 0 Å². The van der Waals surface area contributed by atoms with E-state index in [0.717, 1.165) is 5.56 Å². The second-order valence-corrected chi connectivity index (χ2v) is 5.80. The summed E-state index contributed by atoms with van der Waals surface area (Å²) in [5.41, 5.74) is 1.66. The molecule has 0 saturated heterocycles. The van der Waals surface area contributed by atoms with Crippen LogP contribution in [0.25, 0.3) is 0 Å². The summed E-state index contributed by atoms with van der Waals surface area (Å²) in [6.07, 6.45) is 0.614. The zero-order chi connectivity index (χ0) is 14.5. The van der Waals surface area contributed by atoms with Crippen molar-refractivity contribution >= 4 is 11.6 Å². The highest BCUT2D eigenvalue weighted by atomic mass is 16.3. The van der Waals surface area contributed by atoms with Crippen LogP contribution >= 0.6 is 0 Å². The predicted octanol–water partition coefficient (Wildman–Crippen LogP) is 2.90. The molecule has 0 heterocycles. The summed E-state index contributed by atoms with van der Waals surface area (Å²) in [7, 11) is 0. The van der Waals surface area contributed by atoms with Gasteiger partial charge in [0.1, 0.15) is 5.78 Å². The van der Waals surface area contributed by atoms with Crippen LogP contribution in [0.15, 0.2) is 24.3 Å². The van der Waals surface area contributed by atoms with E-state index in [9.17, 15) is 9.59 Å². The maximum Gasteiger partial charge on any atom is 0.170 e. The monoisotopic (exact) mass is 262 g/mol. The van der Waals surface area contributed by atoms with E-state index in [1.54, 1.807) is 6.07 Å². The van der Waals surface area contributed by atoms with Gasteiger partial charge in [-0.2, -0.15) is 0 Å². The Morgan fingerprint density at radius 1 is 1.21 bits per heavy atom. The Morgan fingerprint density at radius 2 is 1.89 bits per heavy atom. The second kappa shape index (κ2) is 6.62. The van der Waals surface area contributed by atoms with Gasteiger partial charge in [0.15, 0.2) is 5.78 Å². The van der Waals surface area contributed by atoms with Gasteiger partial charge in [-0.05, 0) is 23.5 Å². The molecule has 104 valence electrons. The van der Waals surface area contributed by atoms with E-state index in [2.05, 4.69) is 20.8 Å². The standard InChI is InChI=1S/C16H22O3/c1-16(2,3)13-7-4-6-12(10-13)15(19)11-14(18)8-5-9-17/h4,6-7,10,17H,5,8-9,11H2,1-3H3. The summed E-state index contributed by atoms with van der Waals surface area (Å²) in [6, 6.07) is 7.45. The molecule has 0 spiro atoms. The Kier molecular flexibility index (Phi) is 5.43. The normalized spacial score (nSPS) is 11.4. The minimum Gasteiger partial charge on any atom is -0.396 e. The molecule has 0 amide bonds. The molecule has 1 aromatic carbocycles. The molecule has 1 aromatic rings. The fourth-order valence-corrected chi connectivity index (χ4v) is 1.80. The first-order chi connectivity index (χ1) is 8.84. The molecule has 0 saturated carbocycles. The van der Waals surface area contributed by atoms with Gasteiger partial charge in [-0.15, -0.1) is 0 Å². The molecule has 3 nitrogen and oxygen atoms in total. The lowest BCUT2D eigenvalue weighted by atomic mass is 9.85. The predicted molar refractivity (Wildman–Crippen MR) is 75.4 cm³/mol. The van der Waals surface area contributed by atoms with Crippen LogP contribution in [0.2, 0.25) is 0 Å². The van der Waals surface area contributed by atoms with Crippen LogP contribution in [0.4, 0.5) is 0 Å². The Bertz CT molecular complexity index is 455. The van der Waals surface area contributed by atoms with E-state index in [4.69, 9.17) is 5.11 Å². The van der Waals surface area contributed by atoms with Crippen LogP contribution < -0.4 is 0 Å². The van der Waals surface area contributed by atoms with Crippen LogP contribution in [-0.4, -0.2) is 23.3 Å². The fraction of sp³-hybridized carbons (Fsp3) is 0.500. The van der Waals surface area contributed by atoms with Gasteiger partial charge in [0.05, 0.1) is 6.42 Å². The lowest BCUT2D eigenvalue weighted by molar-refractivity contribution is -0.118. The first-order valence-electron chi connectivity index (χ1n) is 6.61. The Morgan fingerprint density at radius 3 is 2.47 bits per heavy atom. The minimum atomic E-state index is -0.144. The van der Waals surface area contributed by atoms with Crippen molar-refractivity contribution in [2.75, 3.05) is 6.61 Å². The van der Waals surface area contributed by atoms with Gasteiger partial charge in [-0.25, -0.2) is 0 Å². The average molecular weight is 262 g/mol. The summed E-state index contributed by atoms with van der Waals surface area (Å²) in [5.74, 6) is -0.255. The summed E-state index contributed by atoms with van der Waals surface area (Å²) >= 11 is 0. The van der Waals surface area contributed by atoms with Gasteiger partial charge < -0.3 is 5.11 Å². The highest BCUT2D eigenvalue weighted by Crippen LogP contribution is 2.23. The van der Waals surface area contributed by atoms with Gasteiger partial charge in [0.25, 0.3) is 0 Å². The van der Waals surface area contributed by atoms with Crippen molar-refractivity contribution in [2.45, 2.75) is 45.4 Å². The number of rotatable bonds is 6. The number of hydrogen-bond donors (Lipinski definition) is 1. The number of carbonyl (C=O) groups is 2. The number of Topliss-reactive ketones (excluding diaryl/α,β-unsaturated/α-hetero) is 2. The fourth-order valence-electron chi connectivity index (χ4n) is 1.80. The number of aliphatic hydroxyl groups is 1. The highest BCUT2D eigenvalue weighted by molar-refractivity contribution is 6.08. The molecule has 0 aliphatic rings. The Labute approximate surface area is 114 Å². The van der Waals surface area contributed by atoms with E-state index in [-0.39, 0.29) is 36.4 Å². The van der Waals surface area contributed by atoms with Gasteiger partial charge >= 0.3 is 0 Å². The largest absolute Gasteiger partial charge is 0.396 e. The Hall–Kier alpha value is -1.48. The van der Waals surface area contributed by atoms with E-state index < -0.39 is 0 Å². The maximum absolute atomic E-state index is 12.0. The Balaban J connectivity index is 2.75. The van der Waals surface area contributed by atoms with Crippen molar-refractivity contribution in [3.8, 4) is 0 Å². The topological polar surface area (TPSA) is 54.4 Å². The molecule has 1 N–H and O–H groups in total. The van der Waals surface area contributed by atoms with Crippen LogP contribution in [0.5, 0.6) is 0 Å². The lowest BCUT2D eigenvalue weighted by Gasteiger charge is -2.19. The number of benzene rings is 1. The van der Waals surface area contributed by atoms with Crippen molar-refractivity contribution in [1.29, 1.82) is 0 Å². The van der Waals surface area contributed by atoms with Crippen LogP contribution in [0.3, 0.4) is 0 Å². The van der Waals surface area contributed by atoms with Crippen molar-refractivity contribution in [3.63, 3.8) is 0 Å². The number of carbonyl (C=O) groups excluding carboxylic acids is 2. The third-order valence-electron chi connectivity index (χ3n) is 3.02. The summed E-state index contributed by atoms with van der Waals surface area (Å²) in [5, 5.41) is 8.66. The van der Waals surface area contributed by atoms with Crippen LogP contribution in [0, 0.1) is 0 Å². The molecule has 0 aromatic heterocycles. The molecular formula is C16H22O3. The molecule has 0 fully saturated rings. The van der Waals surface area contributed by atoms with E-state index in [0.29, 0.717) is 12.0 Å². The van der Waals surface area contributed by atoms with E-state index in [1.807, 2.05) is 18.2 Å². The molecule has 1 rings (SSSR count). The average Bonchev–Trinajstić information content (AvgIpc) is 2.35. The molecule has 3 heteroatoms. The van der Waals surface area contributed by atoms with Gasteiger partial charge in [0, 0.05) is 18.6 Å². The minimum absolute atomic E-state index is 0.0144. The SMILES string of the molecule is CC(C)(C)c1cccc(C(=O)CC(=O)CCCO)c1. The molecule has 0 aliphatic heterocycles. The van der Waals surface area contributed by atoms with Crippen molar-refractivity contribution in [2.24, 2.45) is 0 Å². The molecule has 0 bridgehead atoms. The summed E-state index contributed by atoms with van der Waals surface area (Å²) < 4.78 is 0.